The average molecular weight is 544 g/mol. The summed E-state index contributed by atoms with van der Waals surface area (Å²) in [5, 5.41) is 10.2. The van der Waals surface area contributed by atoms with Gasteiger partial charge in [0.05, 0.1) is 0 Å². The van der Waals surface area contributed by atoms with Crippen molar-refractivity contribution in [3.63, 3.8) is 0 Å². The Bertz CT molecular complexity index is 764. The first kappa shape index (κ1) is 34.3. The summed E-state index contributed by atoms with van der Waals surface area (Å²) in [5.41, 5.74) is 0. The van der Waals surface area contributed by atoms with Crippen molar-refractivity contribution in [3.05, 3.63) is 12.2 Å². The largest absolute Gasteiger partial charge is 0.447 e. The maximum Gasteiger partial charge on any atom is 0.407 e. The Balaban J connectivity index is 0.000000875. The van der Waals surface area contributed by atoms with Crippen molar-refractivity contribution in [1.29, 1.82) is 0 Å². The second-order valence-electron chi connectivity index (χ2n) is 7.79. The number of carbonyl (C=O) groups excluding carboxylic acids is 6. The second-order valence-corrected chi connectivity index (χ2v) is 7.79. The Morgan fingerprint density at radius 3 is 1.87 bits per heavy atom. The van der Waals surface area contributed by atoms with Crippen LogP contribution in [0.25, 0.3) is 0 Å². The van der Waals surface area contributed by atoms with E-state index >= 15 is 0 Å². The molecule has 216 valence electrons. The number of amides is 6. The van der Waals surface area contributed by atoms with Crippen molar-refractivity contribution in [2.75, 3.05) is 53.0 Å². The number of alkyl carbamates (subject to hydrolysis) is 2. The lowest BCUT2D eigenvalue weighted by Gasteiger charge is -2.18. The molecule has 0 bridgehead atoms. The SMILES string of the molecule is CCCNC(=O)CCCOC(COC(=O)NCC)COC(=O)NCC.CNC(=O)CCN1C(=O)C=CC1=O. The molecule has 0 aromatic heterocycles. The molecule has 6 amide bonds. The van der Waals surface area contributed by atoms with Gasteiger partial charge in [-0.25, -0.2) is 9.59 Å². The number of nitrogens with one attached hydrogen (secondary N) is 4. The van der Waals surface area contributed by atoms with Gasteiger partial charge in [-0.05, 0) is 26.7 Å². The maximum atomic E-state index is 11.5. The number of hydrogen-bond donors (Lipinski definition) is 4. The number of carbonyl (C=O) groups is 6. The zero-order chi connectivity index (χ0) is 28.8. The lowest BCUT2D eigenvalue weighted by atomic mass is 10.3. The lowest BCUT2D eigenvalue weighted by molar-refractivity contribution is -0.137. The molecule has 4 N–H and O–H groups in total. The Hall–Kier alpha value is -3.68. The quantitative estimate of drug-likeness (QED) is 0.156. The van der Waals surface area contributed by atoms with Crippen molar-refractivity contribution in [2.45, 2.75) is 52.6 Å². The van der Waals surface area contributed by atoms with E-state index in [1.807, 2.05) is 6.92 Å². The first-order valence-electron chi connectivity index (χ1n) is 12.6. The molecule has 0 saturated carbocycles. The molecule has 38 heavy (non-hydrogen) atoms. The summed E-state index contributed by atoms with van der Waals surface area (Å²) in [6.45, 7) is 7.43. The van der Waals surface area contributed by atoms with Crippen molar-refractivity contribution < 1.29 is 43.0 Å². The van der Waals surface area contributed by atoms with E-state index in [1.165, 1.54) is 19.2 Å². The number of rotatable bonds is 16. The molecular formula is C24H41N5O9. The summed E-state index contributed by atoms with van der Waals surface area (Å²) >= 11 is 0. The molecule has 14 heteroatoms. The van der Waals surface area contributed by atoms with Crippen LogP contribution in [0.4, 0.5) is 9.59 Å². The van der Waals surface area contributed by atoms with Crippen LogP contribution in [0.15, 0.2) is 12.2 Å². The fourth-order valence-electron chi connectivity index (χ4n) is 2.70. The van der Waals surface area contributed by atoms with Crippen molar-refractivity contribution in [3.8, 4) is 0 Å². The monoisotopic (exact) mass is 543 g/mol. The van der Waals surface area contributed by atoms with Gasteiger partial charge in [-0.1, -0.05) is 6.92 Å². The Morgan fingerprint density at radius 1 is 0.842 bits per heavy atom. The summed E-state index contributed by atoms with van der Waals surface area (Å²) in [4.78, 5) is 68.0. The normalized spacial score (nSPS) is 12.0. The predicted molar refractivity (Wildman–Crippen MR) is 137 cm³/mol. The van der Waals surface area contributed by atoms with E-state index in [0.717, 1.165) is 11.3 Å². The van der Waals surface area contributed by atoms with E-state index in [9.17, 15) is 28.8 Å². The van der Waals surface area contributed by atoms with Gasteiger partial charge in [0, 0.05) is 64.8 Å². The minimum atomic E-state index is -0.594. The first-order chi connectivity index (χ1) is 18.2. The van der Waals surface area contributed by atoms with Crippen LogP contribution in [-0.4, -0.2) is 99.9 Å². The van der Waals surface area contributed by atoms with Crippen molar-refractivity contribution in [2.24, 2.45) is 0 Å². The zero-order valence-electron chi connectivity index (χ0n) is 22.6. The van der Waals surface area contributed by atoms with E-state index < -0.39 is 18.3 Å². The van der Waals surface area contributed by atoms with Gasteiger partial charge < -0.3 is 35.5 Å². The van der Waals surface area contributed by atoms with Crippen LogP contribution >= 0.6 is 0 Å². The molecule has 1 aliphatic heterocycles. The molecule has 1 rings (SSSR count). The molecule has 0 spiro atoms. The molecule has 0 saturated heterocycles. The fourth-order valence-corrected chi connectivity index (χ4v) is 2.70. The van der Waals surface area contributed by atoms with Gasteiger partial charge in [-0.2, -0.15) is 0 Å². The maximum absolute atomic E-state index is 11.5. The molecule has 0 unspecified atom stereocenters. The molecule has 1 aliphatic rings. The predicted octanol–water partition coefficient (Wildman–Crippen LogP) is 0.218. The van der Waals surface area contributed by atoms with Gasteiger partial charge >= 0.3 is 12.2 Å². The average Bonchev–Trinajstić information content (AvgIpc) is 3.22. The zero-order valence-corrected chi connectivity index (χ0v) is 22.6. The molecule has 14 nitrogen and oxygen atoms in total. The Labute approximate surface area is 223 Å². The van der Waals surface area contributed by atoms with Gasteiger partial charge in [-0.15, -0.1) is 0 Å². The summed E-state index contributed by atoms with van der Waals surface area (Å²) in [6.07, 6.45) is 2.59. The highest BCUT2D eigenvalue weighted by molar-refractivity contribution is 6.13. The second kappa shape index (κ2) is 21.4. The molecule has 0 aromatic rings. The molecule has 0 radical (unpaired) electrons. The fraction of sp³-hybridized carbons (Fsp3) is 0.667. The molecular weight excluding hydrogens is 502 g/mol. The van der Waals surface area contributed by atoms with Gasteiger partial charge in [0.2, 0.25) is 11.8 Å². The van der Waals surface area contributed by atoms with Crippen LogP contribution in [0, 0.1) is 0 Å². The summed E-state index contributed by atoms with van der Waals surface area (Å²) in [6, 6.07) is 0. The van der Waals surface area contributed by atoms with Gasteiger partial charge in [-0.3, -0.25) is 24.1 Å². The van der Waals surface area contributed by atoms with Crippen LogP contribution in [0.5, 0.6) is 0 Å². The summed E-state index contributed by atoms with van der Waals surface area (Å²) in [5.74, 6) is -0.922. The Morgan fingerprint density at radius 2 is 1.39 bits per heavy atom. The third-order valence-electron chi connectivity index (χ3n) is 4.66. The third kappa shape index (κ3) is 16.9. The minimum absolute atomic E-state index is 0.0286. The van der Waals surface area contributed by atoms with Gasteiger partial charge in [0.1, 0.15) is 19.3 Å². The molecule has 1 heterocycles. The number of nitrogens with zero attached hydrogens (tertiary/aromatic N) is 1. The van der Waals surface area contributed by atoms with Gasteiger partial charge in [0.15, 0.2) is 0 Å². The highest BCUT2D eigenvalue weighted by Gasteiger charge is 2.23. The topological polar surface area (TPSA) is 181 Å². The molecule has 0 fully saturated rings. The summed E-state index contributed by atoms with van der Waals surface area (Å²) in [7, 11) is 1.51. The Kier molecular flexibility index (Phi) is 19.3. The number of ether oxygens (including phenoxy) is 3. The van der Waals surface area contributed by atoms with E-state index in [0.29, 0.717) is 39.1 Å². The van der Waals surface area contributed by atoms with Crippen LogP contribution in [0.3, 0.4) is 0 Å². The van der Waals surface area contributed by atoms with E-state index in [-0.39, 0.29) is 49.8 Å². The molecule has 0 aromatic carbocycles. The van der Waals surface area contributed by atoms with Crippen LogP contribution in [0.2, 0.25) is 0 Å². The first-order valence-corrected chi connectivity index (χ1v) is 12.6. The van der Waals surface area contributed by atoms with Crippen LogP contribution in [-0.2, 0) is 33.4 Å². The van der Waals surface area contributed by atoms with Crippen molar-refractivity contribution in [1.82, 2.24) is 26.2 Å². The summed E-state index contributed by atoms with van der Waals surface area (Å²) < 4.78 is 15.6. The highest BCUT2D eigenvalue weighted by Crippen LogP contribution is 2.04. The number of imide groups is 1. The van der Waals surface area contributed by atoms with E-state index in [4.69, 9.17) is 14.2 Å². The van der Waals surface area contributed by atoms with Crippen molar-refractivity contribution >= 4 is 35.8 Å². The highest BCUT2D eigenvalue weighted by atomic mass is 16.6. The molecule has 0 atom stereocenters. The lowest BCUT2D eigenvalue weighted by Crippen LogP contribution is -2.34. The minimum Gasteiger partial charge on any atom is -0.447 e. The van der Waals surface area contributed by atoms with E-state index in [1.54, 1.807) is 13.8 Å². The number of hydrogen-bond acceptors (Lipinski definition) is 9. The van der Waals surface area contributed by atoms with Gasteiger partial charge in [0.25, 0.3) is 11.8 Å². The smallest absolute Gasteiger partial charge is 0.407 e. The standard InChI is InChI=1S/C16H31N3O6.C8H10N2O3/c1-4-9-19-14(20)8-7-10-23-13(11-24-15(21)17-5-2)12-25-16(22)18-6-3;1-9-6(11)4-5-10-7(12)2-3-8(10)13/h13H,4-12H2,1-3H3,(H,17,21)(H,18,22)(H,19,20);2-3H,4-5H2,1H3,(H,9,11). The molecule has 0 aliphatic carbocycles. The van der Waals surface area contributed by atoms with Crippen LogP contribution < -0.4 is 21.3 Å². The van der Waals surface area contributed by atoms with Crippen LogP contribution in [0.1, 0.15) is 46.5 Å². The third-order valence-corrected chi connectivity index (χ3v) is 4.66. The van der Waals surface area contributed by atoms with E-state index in [2.05, 4.69) is 21.3 Å².